The number of fused-ring (bicyclic) bond motifs is 5. The minimum atomic E-state index is -0.636. The minimum Gasteiger partial charge on any atom is -0.455 e. The van der Waals surface area contributed by atoms with E-state index in [1.54, 1.807) is 0 Å². The molecule has 5 rings (SSSR count). The van der Waals surface area contributed by atoms with E-state index in [0.717, 1.165) is 23.3 Å². The molecule has 0 heterocycles. The van der Waals surface area contributed by atoms with Gasteiger partial charge in [-0.3, -0.25) is 4.79 Å². The number of aryl methyl sites for hydroxylation is 1. The van der Waals surface area contributed by atoms with Crippen LogP contribution in [0.1, 0.15) is 58.1 Å². The highest BCUT2D eigenvalue weighted by Gasteiger charge is 2.49. The van der Waals surface area contributed by atoms with Crippen LogP contribution in [0.15, 0.2) is 48.5 Å². The number of rotatable bonds is 4. The number of ether oxygens (including phenoxy) is 1. The molecule has 5 atom stereocenters. The molecule has 2 fully saturated rings. The zero-order chi connectivity index (χ0) is 21.9. The molecule has 162 valence electrons. The van der Waals surface area contributed by atoms with Gasteiger partial charge in [-0.25, -0.2) is 0 Å². The first-order valence-electron chi connectivity index (χ1n) is 11.9. The van der Waals surface area contributed by atoms with E-state index in [9.17, 15) is 4.79 Å². The Morgan fingerprint density at radius 1 is 0.935 bits per heavy atom. The van der Waals surface area contributed by atoms with Gasteiger partial charge in [-0.1, -0.05) is 61.9 Å². The Labute approximate surface area is 186 Å². The Morgan fingerprint density at radius 2 is 1.68 bits per heavy atom. The fourth-order valence-corrected chi connectivity index (χ4v) is 6.48. The third-order valence-electron chi connectivity index (χ3n) is 8.52. The maximum Gasteiger partial charge on any atom is 0.306 e. The highest BCUT2D eigenvalue weighted by Crippen LogP contribution is 2.56. The molecule has 0 amide bonds. The van der Waals surface area contributed by atoms with Gasteiger partial charge in [-0.2, -0.15) is 0 Å². The maximum atomic E-state index is 12.9. The van der Waals surface area contributed by atoms with E-state index in [4.69, 9.17) is 4.74 Å². The van der Waals surface area contributed by atoms with Crippen molar-refractivity contribution in [3.05, 3.63) is 59.7 Å². The van der Waals surface area contributed by atoms with Crippen molar-refractivity contribution in [2.75, 3.05) is 0 Å². The number of carbonyl (C=O) groups excluding carboxylic acids is 1. The Kier molecular flexibility index (Phi) is 4.88. The molecule has 0 spiro atoms. The van der Waals surface area contributed by atoms with Crippen LogP contribution in [0, 0.1) is 36.5 Å². The first-order chi connectivity index (χ1) is 14.7. The Bertz CT molecular complexity index is 1160. The highest BCUT2D eigenvalue weighted by atomic mass is 16.6. The molecule has 2 nitrogen and oxygen atoms in total. The molecule has 0 aromatic heterocycles. The second kappa shape index (κ2) is 7.36. The highest BCUT2D eigenvalue weighted by molar-refractivity contribution is 6.07. The molecular formula is C29H34O2. The van der Waals surface area contributed by atoms with Crippen LogP contribution in [0.3, 0.4) is 0 Å². The summed E-state index contributed by atoms with van der Waals surface area (Å²) in [6, 6.07) is 17.4. The zero-order valence-corrected chi connectivity index (χ0v) is 19.4. The van der Waals surface area contributed by atoms with Crippen molar-refractivity contribution >= 4 is 27.5 Å². The van der Waals surface area contributed by atoms with E-state index >= 15 is 0 Å². The van der Waals surface area contributed by atoms with Crippen LogP contribution in [0.5, 0.6) is 0 Å². The lowest BCUT2D eigenvalue weighted by atomic mass is 9.74. The molecule has 2 aliphatic carbocycles. The number of esters is 1. The molecule has 2 aliphatic rings. The minimum absolute atomic E-state index is 0.0448. The van der Waals surface area contributed by atoms with Gasteiger partial charge in [0.2, 0.25) is 0 Å². The van der Waals surface area contributed by atoms with Gasteiger partial charge in [-0.15, -0.1) is 0 Å². The van der Waals surface area contributed by atoms with Crippen LogP contribution in [0.2, 0.25) is 0 Å². The van der Waals surface area contributed by atoms with E-state index in [-0.39, 0.29) is 5.97 Å². The van der Waals surface area contributed by atoms with Crippen molar-refractivity contribution in [1.82, 2.24) is 0 Å². The molecular weight excluding hydrogens is 380 g/mol. The van der Waals surface area contributed by atoms with Gasteiger partial charge in [0, 0.05) is 6.42 Å². The molecule has 5 unspecified atom stereocenters. The van der Waals surface area contributed by atoms with Gasteiger partial charge in [0.1, 0.15) is 5.60 Å². The Hall–Kier alpha value is -2.35. The number of hydrogen-bond donors (Lipinski definition) is 0. The van der Waals surface area contributed by atoms with Crippen molar-refractivity contribution in [3.63, 3.8) is 0 Å². The summed E-state index contributed by atoms with van der Waals surface area (Å²) < 4.78 is 6.07. The summed E-state index contributed by atoms with van der Waals surface area (Å²) >= 11 is 0. The number of benzene rings is 3. The third kappa shape index (κ3) is 3.54. The monoisotopic (exact) mass is 414 g/mol. The van der Waals surface area contributed by atoms with Crippen molar-refractivity contribution < 1.29 is 9.53 Å². The number of carbonyl (C=O) groups is 1. The molecule has 0 N–H and O–H groups in total. The van der Waals surface area contributed by atoms with Gasteiger partial charge >= 0.3 is 5.97 Å². The van der Waals surface area contributed by atoms with E-state index in [2.05, 4.69) is 69.3 Å². The van der Waals surface area contributed by atoms with Crippen LogP contribution < -0.4 is 0 Å². The maximum absolute atomic E-state index is 12.9. The van der Waals surface area contributed by atoms with Gasteiger partial charge in [0.15, 0.2) is 0 Å². The van der Waals surface area contributed by atoms with E-state index in [0.29, 0.717) is 18.3 Å². The largest absolute Gasteiger partial charge is 0.455 e. The lowest BCUT2D eigenvalue weighted by Gasteiger charge is -2.32. The number of hydrogen-bond acceptors (Lipinski definition) is 2. The summed E-state index contributed by atoms with van der Waals surface area (Å²) in [5.74, 6) is 3.52. The molecule has 31 heavy (non-hydrogen) atoms. The third-order valence-corrected chi connectivity index (χ3v) is 8.52. The molecule has 2 saturated carbocycles. The molecule has 2 heteroatoms. The molecule has 2 bridgehead atoms. The van der Waals surface area contributed by atoms with Crippen molar-refractivity contribution in [1.29, 1.82) is 0 Å². The van der Waals surface area contributed by atoms with Gasteiger partial charge in [-0.05, 0) is 96.4 Å². The fourth-order valence-electron chi connectivity index (χ4n) is 6.48. The van der Waals surface area contributed by atoms with Gasteiger partial charge < -0.3 is 4.74 Å². The topological polar surface area (TPSA) is 26.3 Å². The quantitative estimate of drug-likeness (QED) is 0.328. The summed E-state index contributed by atoms with van der Waals surface area (Å²) in [7, 11) is 0. The first kappa shape index (κ1) is 20.5. The molecule has 0 aliphatic heterocycles. The van der Waals surface area contributed by atoms with E-state index in [1.165, 1.54) is 39.9 Å². The zero-order valence-electron chi connectivity index (χ0n) is 19.4. The predicted octanol–water partition coefficient (Wildman–Crippen LogP) is 7.40. The Balaban J connectivity index is 1.35. The summed E-state index contributed by atoms with van der Waals surface area (Å²) in [5.41, 5.74) is 1.68. The Morgan fingerprint density at radius 3 is 2.42 bits per heavy atom. The predicted molar refractivity (Wildman–Crippen MR) is 128 cm³/mol. The fraction of sp³-hybridized carbons (Fsp3) is 0.483. The molecule has 0 saturated heterocycles. The van der Waals surface area contributed by atoms with Crippen molar-refractivity contribution in [3.8, 4) is 0 Å². The summed E-state index contributed by atoms with van der Waals surface area (Å²) in [6.07, 6.45) is 3.08. The average Bonchev–Trinajstić information content (AvgIpc) is 3.25. The normalized spacial score (nSPS) is 27.8. The van der Waals surface area contributed by atoms with Crippen molar-refractivity contribution in [2.45, 2.75) is 59.5 Å². The summed E-state index contributed by atoms with van der Waals surface area (Å²) in [5, 5.41) is 4.97. The van der Waals surface area contributed by atoms with Crippen LogP contribution >= 0.6 is 0 Å². The van der Waals surface area contributed by atoms with Gasteiger partial charge in [0.25, 0.3) is 0 Å². The molecule has 3 aromatic carbocycles. The average molecular weight is 415 g/mol. The van der Waals surface area contributed by atoms with Crippen LogP contribution in [0.4, 0.5) is 0 Å². The molecule has 0 radical (unpaired) electrons. The second-order valence-electron chi connectivity index (χ2n) is 10.8. The van der Waals surface area contributed by atoms with E-state index < -0.39 is 5.60 Å². The smallest absolute Gasteiger partial charge is 0.306 e. The standard InChI is InChI=1S/C29H34O2/c1-17-6-7-20-8-9-21-14-24(10-11-25(21)27(20)12-17)29(4,5)31-28(30)16-23-13-22-15-26(23)19(3)18(22)2/h6-12,14,18-19,22-23,26H,13,15-16H2,1-5H3. The van der Waals surface area contributed by atoms with E-state index in [1.807, 2.05) is 13.8 Å². The van der Waals surface area contributed by atoms with Gasteiger partial charge in [0.05, 0.1) is 0 Å². The molecule has 3 aromatic rings. The van der Waals surface area contributed by atoms with Crippen molar-refractivity contribution in [2.24, 2.45) is 29.6 Å². The van der Waals surface area contributed by atoms with Crippen LogP contribution in [-0.4, -0.2) is 5.97 Å². The summed E-state index contributed by atoms with van der Waals surface area (Å²) in [6.45, 7) is 10.9. The second-order valence-corrected chi connectivity index (χ2v) is 10.8. The summed E-state index contributed by atoms with van der Waals surface area (Å²) in [4.78, 5) is 12.9. The lowest BCUT2D eigenvalue weighted by Crippen LogP contribution is -2.30. The van der Waals surface area contributed by atoms with Crippen LogP contribution in [-0.2, 0) is 15.1 Å². The first-order valence-corrected chi connectivity index (χ1v) is 11.9. The lowest BCUT2D eigenvalue weighted by molar-refractivity contribution is -0.159. The SMILES string of the molecule is Cc1ccc2ccc3cc(C(C)(C)OC(=O)CC4CC5CC4C(C)C5C)ccc3c2c1. The van der Waals surface area contributed by atoms with Crippen LogP contribution in [0.25, 0.3) is 21.5 Å².